The quantitative estimate of drug-likeness (QED) is 0.639. The van der Waals surface area contributed by atoms with Crippen LogP contribution >= 0.6 is 38.5 Å². The zero-order valence-corrected chi connectivity index (χ0v) is 12.4. The highest BCUT2D eigenvalue weighted by molar-refractivity contribution is 14.1. The number of nitrogens with one attached hydrogen (secondary N) is 1. The Morgan fingerprint density at radius 1 is 1.62 bits per heavy atom. The van der Waals surface area contributed by atoms with Crippen LogP contribution in [0.1, 0.15) is 0 Å². The molecule has 0 bridgehead atoms. The first-order valence-corrected chi connectivity index (χ1v) is 6.64. The van der Waals surface area contributed by atoms with Gasteiger partial charge in [0.2, 0.25) is 0 Å². The molecule has 0 atom stereocenters. The van der Waals surface area contributed by atoms with Crippen LogP contribution in [-0.4, -0.2) is 29.6 Å². The summed E-state index contributed by atoms with van der Waals surface area (Å²) in [6.07, 6.45) is 3.86. The van der Waals surface area contributed by atoms with Crippen molar-refractivity contribution in [3.05, 3.63) is 26.6 Å². The van der Waals surface area contributed by atoms with Crippen LogP contribution in [0.5, 0.6) is 0 Å². The number of methoxy groups -OCH3 is 1. The Morgan fingerprint density at radius 2 is 2.44 bits per heavy atom. The number of nitrogens with zero attached hydrogens (tertiary/aromatic N) is 2. The number of halogens is 2. The van der Waals surface area contributed by atoms with Crippen molar-refractivity contribution in [2.24, 2.45) is 0 Å². The lowest BCUT2D eigenvalue weighted by molar-refractivity contribution is 0.211. The van der Waals surface area contributed by atoms with E-state index in [1.165, 1.54) is 0 Å². The lowest BCUT2D eigenvalue weighted by Crippen LogP contribution is -2.08. The maximum absolute atomic E-state index is 5.01. The third kappa shape index (κ3) is 2.49. The first-order valence-electron chi connectivity index (χ1n) is 4.77. The number of rotatable bonds is 4. The number of hydrogen-bond donors (Lipinski definition) is 1. The molecule has 0 unspecified atom stereocenters. The second-order valence-corrected chi connectivity index (χ2v) is 5.29. The van der Waals surface area contributed by atoms with E-state index in [4.69, 9.17) is 4.74 Å². The minimum atomic E-state index is 0.677. The largest absolute Gasteiger partial charge is 0.383 e. The lowest BCUT2D eigenvalue weighted by Gasteiger charge is -2.08. The van der Waals surface area contributed by atoms with Gasteiger partial charge in [-0.1, -0.05) is 0 Å². The van der Waals surface area contributed by atoms with Gasteiger partial charge in [0.25, 0.3) is 0 Å². The van der Waals surface area contributed by atoms with Crippen molar-refractivity contribution in [2.45, 2.75) is 0 Å². The SMILES string of the molecule is COCCNc1cc(Br)cn2c(I)cnc12. The van der Waals surface area contributed by atoms with Gasteiger partial charge in [0.1, 0.15) is 3.70 Å². The van der Waals surface area contributed by atoms with Crippen molar-refractivity contribution in [1.29, 1.82) is 0 Å². The highest BCUT2D eigenvalue weighted by Gasteiger charge is 2.06. The van der Waals surface area contributed by atoms with Gasteiger partial charge in [0.05, 0.1) is 18.5 Å². The van der Waals surface area contributed by atoms with Gasteiger partial charge in [0.15, 0.2) is 5.65 Å². The molecule has 4 nitrogen and oxygen atoms in total. The molecule has 0 aliphatic carbocycles. The second-order valence-electron chi connectivity index (χ2n) is 3.27. The summed E-state index contributed by atoms with van der Waals surface area (Å²) in [6.45, 7) is 1.45. The molecule has 2 aromatic heterocycles. The highest BCUT2D eigenvalue weighted by atomic mass is 127. The average molecular weight is 396 g/mol. The molecule has 0 radical (unpaired) electrons. The van der Waals surface area contributed by atoms with Gasteiger partial charge in [-0.2, -0.15) is 0 Å². The van der Waals surface area contributed by atoms with Crippen LogP contribution in [-0.2, 0) is 4.74 Å². The lowest BCUT2D eigenvalue weighted by atomic mass is 10.4. The van der Waals surface area contributed by atoms with Crippen molar-refractivity contribution < 1.29 is 4.74 Å². The van der Waals surface area contributed by atoms with Gasteiger partial charge in [-0.3, -0.25) is 4.40 Å². The van der Waals surface area contributed by atoms with Crippen molar-refractivity contribution in [2.75, 3.05) is 25.6 Å². The zero-order chi connectivity index (χ0) is 11.5. The van der Waals surface area contributed by atoms with Crippen LogP contribution < -0.4 is 5.32 Å². The number of aromatic nitrogens is 2. The molecule has 2 aromatic rings. The number of imidazole rings is 1. The van der Waals surface area contributed by atoms with Crippen LogP contribution in [0.2, 0.25) is 0 Å². The fourth-order valence-electron chi connectivity index (χ4n) is 1.44. The van der Waals surface area contributed by atoms with E-state index < -0.39 is 0 Å². The summed E-state index contributed by atoms with van der Waals surface area (Å²) >= 11 is 5.75. The molecular formula is C10H11BrIN3O. The normalized spacial score (nSPS) is 10.9. The smallest absolute Gasteiger partial charge is 0.161 e. The molecule has 0 aromatic carbocycles. The van der Waals surface area contributed by atoms with Crippen LogP contribution in [0.3, 0.4) is 0 Å². The van der Waals surface area contributed by atoms with Gasteiger partial charge in [-0.05, 0) is 44.6 Å². The van der Waals surface area contributed by atoms with Crippen molar-refractivity contribution >= 4 is 49.9 Å². The van der Waals surface area contributed by atoms with E-state index in [0.717, 1.165) is 26.1 Å². The van der Waals surface area contributed by atoms with Crippen LogP contribution in [0.4, 0.5) is 5.69 Å². The molecular weight excluding hydrogens is 385 g/mol. The Bertz CT molecular complexity index is 500. The van der Waals surface area contributed by atoms with Gasteiger partial charge in [-0.15, -0.1) is 0 Å². The maximum Gasteiger partial charge on any atom is 0.161 e. The second kappa shape index (κ2) is 5.33. The minimum Gasteiger partial charge on any atom is -0.383 e. The molecule has 2 heterocycles. The summed E-state index contributed by atoms with van der Waals surface area (Å²) in [4.78, 5) is 4.37. The minimum absolute atomic E-state index is 0.677. The van der Waals surface area contributed by atoms with Gasteiger partial charge >= 0.3 is 0 Å². The molecule has 0 amide bonds. The van der Waals surface area contributed by atoms with Crippen molar-refractivity contribution in [1.82, 2.24) is 9.38 Å². The van der Waals surface area contributed by atoms with E-state index in [2.05, 4.69) is 48.8 Å². The molecule has 0 aliphatic rings. The monoisotopic (exact) mass is 395 g/mol. The van der Waals surface area contributed by atoms with E-state index in [0.29, 0.717) is 6.61 Å². The van der Waals surface area contributed by atoms with Crippen molar-refractivity contribution in [3.8, 4) is 0 Å². The Labute approximate surface area is 116 Å². The number of fused-ring (bicyclic) bond motifs is 1. The molecule has 1 N–H and O–H groups in total. The highest BCUT2D eigenvalue weighted by Crippen LogP contribution is 2.23. The fraction of sp³-hybridized carbons (Fsp3) is 0.300. The van der Waals surface area contributed by atoms with E-state index >= 15 is 0 Å². The molecule has 0 fully saturated rings. The van der Waals surface area contributed by atoms with Gasteiger partial charge in [0, 0.05) is 24.3 Å². The Balaban J connectivity index is 2.35. The standard InChI is InChI=1S/C10H11BrIN3O/c1-16-3-2-13-8-4-7(11)6-15-9(12)5-14-10(8)15/h4-6,13H,2-3H2,1H3. The topological polar surface area (TPSA) is 38.6 Å². The van der Waals surface area contributed by atoms with E-state index in [-0.39, 0.29) is 0 Å². The molecule has 0 aliphatic heterocycles. The molecule has 2 rings (SSSR count). The van der Waals surface area contributed by atoms with E-state index in [1.54, 1.807) is 7.11 Å². The summed E-state index contributed by atoms with van der Waals surface area (Å²) in [6, 6.07) is 2.02. The zero-order valence-electron chi connectivity index (χ0n) is 8.70. The third-order valence-corrected chi connectivity index (χ3v) is 3.38. The average Bonchev–Trinajstić information content (AvgIpc) is 2.61. The Hall–Kier alpha value is -0.340. The first-order chi connectivity index (χ1) is 7.72. The number of hydrogen-bond acceptors (Lipinski definition) is 3. The van der Waals surface area contributed by atoms with Gasteiger partial charge in [-0.25, -0.2) is 4.98 Å². The predicted molar refractivity (Wildman–Crippen MR) is 76.0 cm³/mol. The fourth-order valence-corrected chi connectivity index (χ4v) is 2.38. The predicted octanol–water partition coefficient (Wildman–Crippen LogP) is 2.76. The summed E-state index contributed by atoms with van der Waals surface area (Å²) < 4.78 is 9.16. The number of ether oxygens (including phenoxy) is 1. The van der Waals surface area contributed by atoms with Crippen molar-refractivity contribution in [3.63, 3.8) is 0 Å². The summed E-state index contributed by atoms with van der Waals surface area (Å²) in [5, 5.41) is 3.30. The number of pyridine rings is 1. The molecule has 0 spiro atoms. The maximum atomic E-state index is 5.01. The van der Waals surface area contributed by atoms with Crippen LogP contribution in [0.15, 0.2) is 22.9 Å². The summed E-state index contributed by atoms with van der Waals surface area (Å²) in [5.74, 6) is 0. The van der Waals surface area contributed by atoms with E-state index in [1.807, 2.05) is 22.9 Å². The third-order valence-electron chi connectivity index (χ3n) is 2.15. The Morgan fingerprint density at radius 3 is 3.19 bits per heavy atom. The van der Waals surface area contributed by atoms with Crippen LogP contribution in [0, 0.1) is 3.70 Å². The summed E-state index contributed by atoms with van der Waals surface area (Å²) in [7, 11) is 1.69. The Kier molecular flexibility index (Phi) is 4.04. The first kappa shape index (κ1) is 12.1. The molecule has 0 saturated heterocycles. The molecule has 16 heavy (non-hydrogen) atoms. The molecule has 86 valence electrons. The van der Waals surface area contributed by atoms with Crippen LogP contribution in [0.25, 0.3) is 5.65 Å². The molecule has 0 saturated carbocycles. The number of anilines is 1. The van der Waals surface area contributed by atoms with Gasteiger partial charge < -0.3 is 10.1 Å². The molecule has 6 heteroatoms. The summed E-state index contributed by atoms with van der Waals surface area (Å²) in [5.41, 5.74) is 1.94. The van der Waals surface area contributed by atoms with E-state index in [9.17, 15) is 0 Å².